The third kappa shape index (κ3) is 3.45. The van der Waals surface area contributed by atoms with Crippen LogP contribution in [0.5, 0.6) is 0 Å². The fourth-order valence-electron chi connectivity index (χ4n) is 3.74. The van der Waals surface area contributed by atoms with Crippen LogP contribution in [0.1, 0.15) is 31.4 Å². The van der Waals surface area contributed by atoms with Crippen LogP contribution in [0.4, 0.5) is 5.82 Å². The lowest BCUT2D eigenvalue weighted by atomic mass is 9.84. The van der Waals surface area contributed by atoms with Gasteiger partial charge in [-0.15, -0.1) is 10.2 Å². The molecule has 0 spiro atoms. The second-order valence-corrected chi connectivity index (χ2v) is 7.66. The molecule has 1 aliphatic heterocycles. The number of nitrogens with two attached hydrogens (primary N) is 1. The lowest BCUT2D eigenvalue weighted by Crippen LogP contribution is -2.41. The summed E-state index contributed by atoms with van der Waals surface area (Å²) in [6.45, 7) is 1.30. The van der Waals surface area contributed by atoms with Crippen molar-refractivity contribution in [3.8, 4) is 23.0 Å². The summed E-state index contributed by atoms with van der Waals surface area (Å²) in [4.78, 5) is 23.3. The summed E-state index contributed by atoms with van der Waals surface area (Å²) in [5.74, 6) is 1.37. The zero-order chi connectivity index (χ0) is 20.5. The average molecular weight is 402 g/mol. The van der Waals surface area contributed by atoms with Crippen molar-refractivity contribution in [2.45, 2.75) is 25.7 Å². The molecular formula is C22H22N6O2. The highest BCUT2D eigenvalue weighted by molar-refractivity contribution is 5.81. The minimum Gasteiger partial charge on any atom is -0.414 e. The highest BCUT2D eigenvalue weighted by atomic mass is 16.4. The van der Waals surface area contributed by atoms with Crippen molar-refractivity contribution in [1.82, 2.24) is 25.1 Å². The fraction of sp³-hybridized carbons (Fsp3) is 0.318. The molecule has 0 atom stereocenters. The molecular weight excluding hydrogens is 380 g/mol. The maximum atomic E-state index is 12.5. The van der Waals surface area contributed by atoms with Gasteiger partial charge in [-0.05, 0) is 37.0 Å². The Balaban J connectivity index is 1.37. The maximum Gasteiger partial charge on any atom is 0.270 e. The Bertz CT molecular complexity index is 1100. The number of carbonyl (C=O) groups excluding carboxylic acids is 1. The molecule has 1 fully saturated rings. The van der Waals surface area contributed by atoms with Gasteiger partial charge in [0.1, 0.15) is 0 Å². The van der Waals surface area contributed by atoms with Crippen LogP contribution in [0, 0.1) is 5.92 Å². The maximum absolute atomic E-state index is 12.5. The van der Waals surface area contributed by atoms with Crippen LogP contribution in [0.25, 0.3) is 28.6 Å². The Labute approximate surface area is 173 Å². The summed E-state index contributed by atoms with van der Waals surface area (Å²) in [5.41, 5.74) is 9.00. The summed E-state index contributed by atoms with van der Waals surface area (Å²) in [5, 5.41) is 8.22. The third-order valence-electron chi connectivity index (χ3n) is 5.75. The van der Waals surface area contributed by atoms with Gasteiger partial charge in [0.15, 0.2) is 11.5 Å². The van der Waals surface area contributed by atoms with E-state index in [1.54, 1.807) is 6.20 Å². The number of anilines is 1. The van der Waals surface area contributed by atoms with E-state index in [2.05, 4.69) is 20.2 Å². The van der Waals surface area contributed by atoms with Crippen LogP contribution in [0.3, 0.4) is 0 Å². The Morgan fingerprint density at radius 1 is 1.13 bits per heavy atom. The van der Waals surface area contributed by atoms with E-state index in [-0.39, 0.29) is 23.5 Å². The number of nitrogen functional groups attached to an aromatic ring is 1. The standard InChI is InChI=1S/C22H22N6O2/c23-19-18(21-27-26-20(30-21)15-5-2-1-3-6-15)25-17(13-24-19)14-9-11-28(12-10-14)22(29)16-7-4-8-16/h1-3,5-6,9,13,16H,4,7-8,10-12H2,(H2,23,24). The first kappa shape index (κ1) is 18.5. The van der Waals surface area contributed by atoms with E-state index in [4.69, 9.17) is 10.2 Å². The summed E-state index contributed by atoms with van der Waals surface area (Å²) >= 11 is 0. The fourth-order valence-corrected chi connectivity index (χ4v) is 3.74. The van der Waals surface area contributed by atoms with Crippen LogP contribution in [-0.4, -0.2) is 44.1 Å². The SMILES string of the molecule is Nc1ncc(C2=CCN(C(=O)C3CCC3)CC2)nc1-c1nnc(-c2ccccc2)o1. The molecule has 3 heterocycles. The number of carbonyl (C=O) groups is 1. The van der Waals surface area contributed by atoms with Crippen LogP contribution in [-0.2, 0) is 4.79 Å². The van der Waals surface area contributed by atoms with Crippen molar-refractivity contribution in [2.75, 3.05) is 18.8 Å². The number of nitrogens with zero attached hydrogens (tertiary/aromatic N) is 5. The summed E-state index contributed by atoms with van der Waals surface area (Å²) in [6.07, 6.45) is 7.64. The second-order valence-electron chi connectivity index (χ2n) is 7.66. The Morgan fingerprint density at radius 2 is 1.93 bits per heavy atom. The molecule has 2 aliphatic rings. The van der Waals surface area contributed by atoms with Crippen molar-refractivity contribution in [3.63, 3.8) is 0 Å². The molecule has 5 rings (SSSR count). The van der Waals surface area contributed by atoms with E-state index < -0.39 is 0 Å². The van der Waals surface area contributed by atoms with Crippen molar-refractivity contribution in [2.24, 2.45) is 5.92 Å². The molecule has 1 saturated carbocycles. The molecule has 1 aliphatic carbocycles. The predicted octanol–water partition coefficient (Wildman–Crippen LogP) is 3.19. The van der Waals surface area contributed by atoms with Gasteiger partial charge in [0.2, 0.25) is 11.8 Å². The molecule has 0 bridgehead atoms. The lowest BCUT2D eigenvalue weighted by Gasteiger charge is -2.33. The van der Waals surface area contributed by atoms with Gasteiger partial charge in [-0.25, -0.2) is 9.97 Å². The van der Waals surface area contributed by atoms with Gasteiger partial charge in [-0.3, -0.25) is 4.79 Å². The molecule has 30 heavy (non-hydrogen) atoms. The summed E-state index contributed by atoms with van der Waals surface area (Å²) < 4.78 is 5.80. The molecule has 152 valence electrons. The average Bonchev–Trinajstić information content (AvgIpc) is 3.24. The minimum atomic E-state index is 0.221. The van der Waals surface area contributed by atoms with Gasteiger partial charge >= 0.3 is 0 Å². The van der Waals surface area contributed by atoms with Gasteiger partial charge in [-0.1, -0.05) is 30.7 Å². The highest BCUT2D eigenvalue weighted by Crippen LogP contribution is 2.31. The third-order valence-corrected chi connectivity index (χ3v) is 5.75. The minimum absolute atomic E-state index is 0.221. The molecule has 0 radical (unpaired) electrons. The van der Waals surface area contributed by atoms with E-state index in [9.17, 15) is 4.79 Å². The van der Waals surface area contributed by atoms with E-state index >= 15 is 0 Å². The molecule has 8 heteroatoms. The molecule has 0 saturated heterocycles. The number of benzene rings is 1. The molecule has 2 N–H and O–H groups in total. The van der Waals surface area contributed by atoms with Crippen LogP contribution < -0.4 is 5.73 Å². The number of hydrogen-bond donors (Lipinski definition) is 1. The predicted molar refractivity (Wildman–Crippen MR) is 112 cm³/mol. The normalized spacial score (nSPS) is 16.8. The zero-order valence-electron chi connectivity index (χ0n) is 16.5. The summed E-state index contributed by atoms with van der Waals surface area (Å²) in [6, 6.07) is 9.52. The first-order chi connectivity index (χ1) is 14.7. The van der Waals surface area contributed by atoms with Crippen LogP contribution in [0.2, 0.25) is 0 Å². The Kier molecular flexibility index (Phi) is 4.74. The van der Waals surface area contributed by atoms with Crippen molar-refractivity contribution >= 4 is 17.3 Å². The number of hydrogen-bond acceptors (Lipinski definition) is 7. The van der Waals surface area contributed by atoms with E-state index in [1.165, 1.54) is 0 Å². The van der Waals surface area contributed by atoms with E-state index in [0.717, 1.165) is 42.5 Å². The number of amides is 1. The van der Waals surface area contributed by atoms with Crippen molar-refractivity contribution < 1.29 is 9.21 Å². The largest absolute Gasteiger partial charge is 0.414 e. The Morgan fingerprint density at radius 3 is 2.63 bits per heavy atom. The van der Waals surface area contributed by atoms with Crippen LogP contribution >= 0.6 is 0 Å². The smallest absolute Gasteiger partial charge is 0.270 e. The van der Waals surface area contributed by atoms with Crippen molar-refractivity contribution in [1.29, 1.82) is 0 Å². The van der Waals surface area contributed by atoms with Gasteiger partial charge in [-0.2, -0.15) is 0 Å². The highest BCUT2D eigenvalue weighted by Gasteiger charge is 2.30. The first-order valence-corrected chi connectivity index (χ1v) is 10.2. The van der Waals surface area contributed by atoms with Gasteiger partial charge in [0.05, 0.1) is 11.9 Å². The van der Waals surface area contributed by atoms with E-state index in [0.29, 0.717) is 24.7 Å². The summed E-state index contributed by atoms with van der Waals surface area (Å²) in [7, 11) is 0. The monoisotopic (exact) mass is 402 g/mol. The Hall–Kier alpha value is -3.55. The molecule has 8 nitrogen and oxygen atoms in total. The second kappa shape index (κ2) is 7.70. The van der Waals surface area contributed by atoms with Gasteiger partial charge in [0.25, 0.3) is 5.89 Å². The van der Waals surface area contributed by atoms with Gasteiger partial charge < -0.3 is 15.1 Å². The van der Waals surface area contributed by atoms with Crippen LogP contribution in [0.15, 0.2) is 47.0 Å². The van der Waals surface area contributed by atoms with Crippen molar-refractivity contribution in [3.05, 3.63) is 48.3 Å². The van der Waals surface area contributed by atoms with Gasteiger partial charge in [0, 0.05) is 24.6 Å². The molecule has 3 aromatic rings. The molecule has 0 unspecified atom stereocenters. The number of aromatic nitrogens is 4. The topological polar surface area (TPSA) is 111 Å². The molecule has 2 aromatic heterocycles. The molecule has 1 aromatic carbocycles. The zero-order valence-corrected chi connectivity index (χ0v) is 16.5. The quantitative estimate of drug-likeness (QED) is 0.713. The first-order valence-electron chi connectivity index (χ1n) is 10.2. The lowest BCUT2D eigenvalue weighted by molar-refractivity contribution is -0.137. The molecule has 1 amide bonds. The number of rotatable bonds is 4. The van der Waals surface area contributed by atoms with E-state index in [1.807, 2.05) is 41.3 Å².